The fourth-order valence-corrected chi connectivity index (χ4v) is 2.68. The van der Waals surface area contributed by atoms with Gasteiger partial charge in [-0.2, -0.15) is 0 Å². The summed E-state index contributed by atoms with van der Waals surface area (Å²) in [5.41, 5.74) is 0.914. The molecule has 1 aromatic heterocycles. The number of hydrogen-bond acceptors (Lipinski definition) is 3. The Balaban J connectivity index is 0.000000300. The van der Waals surface area contributed by atoms with E-state index in [4.69, 9.17) is 21.1 Å². The summed E-state index contributed by atoms with van der Waals surface area (Å²) in [6, 6.07) is 3.83. The number of nitrogens with zero attached hydrogens (tertiary/aromatic N) is 1. The van der Waals surface area contributed by atoms with Gasteiger partial charge in [0.05, 0.1) is 13.2 Å². The zero-order valence-electron chi connectivity index (χ0n) is 13.0. The smallest absolute Gasteiger partial charge is 0.352 e. The number of hydrogen-bond donors (Lipinski definition) is 0. The molecule has 0 amide bonds. The monoisotopic (exact) mass is 383 g/mol. The average Bonchev–Trinajstić information content (AvgIpc) is 3.31. The Morgan fingerprint density at radius 2 is 1.62 bits per heavy atom. The van der Waals surface area contributed by atoms with Crippen LogP contribution in [-0.2, 0) is 26.5 Å². The van der Waals surface area contributed by atoms with E-state index < -0.39 is 0 Å². The van der Waals surface area contributed by atoms with Crippen LogP contribution >= 0.6 is 11.6 Å². The molecule has 10 radical (unpaired) electrons. The van der Waals surface area contributed by atoms with Crippen molar-refractivity contribution in [2.45, 2.75) is 12.7 Å². The van der Waals surface area contributed by atoms with Crippen LogP contribution in [0.15, 0.2) is 18.3 Å². The SMILES string of the molecule is Clc1ncccc1[C]1[CH][CH][CH][C]1C1OCCCO1.[CH]1[CH][CH][CH][CH]1.[Fe+2]. The molecule has 124 valence electrons. The minimum absolute atomic E-state index is 0. The van der Waals surface area contributed by atoms with Crippen LogP contribution in [-0.4, -0.2) is 24.5 Å². The molecule has 1 aromatic rings. The van der Waals surface area contributed by atoms with E-state index in [1.54, 1.807) is 6.20 Å². The summed E-state index contributed by atoms with van der Waals surface area (Å²) in [5, 5.41) is 0.501. The zero-order valence-corrected chi connectivity index (χ0v) is 14.9. The topological polar surface area (TPSA) is 31.4 Å². The molecule has 3 fully saturated rings. The molecule has 1 aliphatic heterocycles. The molecular formula is C19H18ClFeNO2+2. The van der Waals surface area contributed by atoms with Crippen LogP contribution < -0.4 is 0 Å². The Bertz CT molecular complexity index is 471. The van der Waals surface area contributed by atoms with Crippen LogP contribution in [0.25, 0.3) is 0 Å². The number of pyridine rings is 1. The maximum Gasteiger partial charge on any atom is 2.00 e. The molecule has 0 N–H and O–H groups in total. The van der Waals surface area contributed by atoms with Crippen molar-refractivity contribution in [1.82, 2.24) is 4.98 Å². The van der Waals surface area contributed by atoms with E-state index >= 15 is 0 Å². The zero-order chi connectivity index (χ0) is 15.9. The van der Waals surface area contributed by atoms with Gasteiger partial charge in [0, 0.05) is 18.0 Å². The van der Waals surface area contributed by atoms with Crippen LogP contribution in [0.1, 0.15) is 12.0 Å². The Morgan fingerprint density at radius 1 is 0.958 bits per heavy atom. The van der Waals surface area contributed by atoms with Gasteiger partial charge in [0.25, 0.3) is 0 Å². The second-order valence-electron chi connectivity index (χ2n) is 5.13. The van der Waals surface area contributed by atoms with E-state index in [-0.39, 0.29) is 23.4 Å². The van der Waals surface area contributed by atoms with E-state index in [0.29, 0.717) is 5.15 Å². The van der Waals surface area contributed by atoms with Crippen LogP contribution in [0.2, 0.25) is 5.15 Å². The first-order chi connectivity index (χ1) is 11.4. The van der Waals surface area contributed by atoms with Gasteiger partial charge < -0.3 is 9.47 Å². The normalized spacial score (nSPS) is 22.7. The van der Waals surface area contributed by atoms with Gasteiger partial charge in [-0.05, 0) is 69.4 Å². The van der Waals surface area contributed by atoms with Gasteiger partial charge in [-0.1, -0.05) is 17.7 Å². The van der Waals surface area contributed by atoms with Gasteiger partial charge in [0.1, 0.15) is 5.15 Å². The molecule has 24 heavy (non-hydrogen) atoms. The molecule has 3 nitrogen and oxygen atoms in total. The Labute approximate surface area is 161 Å². The van der Waals surface area contributed by atoms with Gasteiger partial charge >= 0.3 is 17.1 Å². The molecule has 4 rings (SSSR count). The predicted octanol–water partition coefficient (Wildman–Crippen LogP) is 3.64. The van der Waals surface area contributed by atoms with E-state index in [0.717, 1.165) is 37.0 Å². The van der Waals surface area contributed by atoms with E-state index in [1.165, 1.54) is 0 Å². The molecule has 0 bridgehead atoms. The predicted molar refractivity (Wildman–Crippen MR) is 89.5 cm³/mol. The summed E-state index contributed by atoms with van der Waals surface area (Å²) in [6.45, 7) is 1.46. The molecule has 3 aliphatic rings. The first kappa shape index (κ1) is 20.2. The van der Waals surface area contributed by atoms with Gasteiger partial charge in [-0.25, -0.2) is 4.98 Å². The Hall–Kier alpha value is -0.121. The fraction of sp³-hybridized carbons (Fsp3) is 0.211. The second kappa shape index (κ2) is 10.8. The second-order valence-corrected chi connectivity index (χ2v) is 5.48. The molecule has 0 aromatic carbocycles. The van der Waals surface area contributed by atoms with Crippen molar-refractivity contribution in [2.75, 3.05) is 13.2 Å². The van der Waals surface area contributed by atoms with E-state index in [9.17, 15) is 0 Å². The first-order valence-electron chi connectivity index (χ1n) is 7.62. The number of aromatic nitrogens is 1. The largest absolute Gasteiger partial charge is 2.00 e. The van der Waals surface area contributed by atoms with E-state index in [2.05, 4.69) is 4.98 Å². The number of rotatable bonds is 2. The maximum atomic E-state index is 6.13. The summed E-state index contributed by atoms with van der Waals surface area (Å²) in [7, 11) is 0. The standard InChI is InChI=1S/C14H13ClNO2.C5H5.Fe/c15-13-11(6-2-7-16-13)10-4-1-5-12(10)14-17-8-3-9-18-14;1-2-4-5-3-1;/h1-2,4-7,14H,3,8-9H2;1-5H;/q;;+2. The van der Waals surface area contributed by atoms with Crippen molar-refractivity contribution in [3.8, 4) is 0 Å². The van der Waals surface area contributed by atoms with Crippen molar-refractivity contribution in [3.63, 3.8) is 0 Å². The summed E-state index contributed by atoms with van der Waals surface area (Å²) < 4.78 is 11.3. The van der Waals surface area contributed by atoms with Gasteiger partial charge in [0.2, 0.25) is 0 Å². The summed E-state index contributed by atoms with van der Waals surface area (Å²) >= 11 is 6.13. The Kier molecular flexibility index (Phi) is 9.07. The summed E-state index contributed by atoms with van der Waals surface area (Å²) in [4.78, 5) is 4.11. The average molecular weight is 384 g/mol. The third kappa shape index (κ3) is 5.44. The van der Waals surface area contributed by atoms with Gasteiger partial charge in [0.15, 0.2) is 6.29 Å². The molecule has 0 atom stereocenters. The van der Waals surface area contributed by atoms with Crippen molar-refractivity contribution in [3.05, 3.63) is 92.2 Å². The third-order valence-corrected chi connectivity index (χ3v) is 3.84. The Morgan fingerprint density at radius 3 is 2.25 bits per heavy atom. The van der Waals surface area contributed by atoms with Crippen LogP contribution in [0.5, 0.6) is 0 Å². The van der Waals surface area contributed by atoms with Crippen LogP contribution in [0, 0.1) is 63.2 Å². The van der Waals surface area contributed by atoms with Crippen LogP contribution in [0.4, 0.5) is 0 Å². The molecule has 5 heteroatoms. The van der Waals surface area contributed by atoms with Crippen molar-refractivity contribution < 1.29 is 26.5 Å². The third-order valence-electron chi connectivity index (χ3n) is 3.54. The van der Waals surface area contributed by atoms with Gasteiger partial charge in [-0.3, -0.25) is 0 Å². The van der Waals surface area contributed by atoms with Crippen LogP contribution in [0.3, 0.4) is 0 Å². The fourth-order valence-electron chi connectivity index (χ4n) is 2.46. The van der Waals surface area contributed by atoms with Gasteiger partial charge in [-0.15, -0.1) is 0 Å². The molecule has 0 unspecified atom stereocenters. The maximum absolute atomic E-state index is 6.13. The molecule has 2 saturated carbocycles. The van der Waals surface area contributed by atoms with Crippen molar-refractivity contribution in [1.29, 1.82) is 0 Å². The molecular weight excluding hydrogens is 366 g/mol. The minimum atomic E-state index is -0.292. The first-order valence-corrected chi connectivity index (χ1v) is 8.00. The molecule has 1 saturated heterocycles. The van der Waals surface area contributed by atoms with Crippen molar-refractivity contribution in [2.24, 2.45) is 0 Å². The molecule has 2 aliphatic carbocycles. The summed E-state index contributed by atoms with van der Waals surface area (Å²) in [5.74, 6) is 2.05. The molecule has 0 spiro atoms. The molecule has 2 heterocycles. The quantitative estimate of drug-likeness (QED) is 0.577. The number of ether oxygens (including phenoxy) is 2. The number of halogens is 1. The van der Waals surface area contributed by atoms with Crippen molar-refractivity contribution >= 4 is 11.6 Å². The minimum Gasteiger partial charge on any atom is -0.352 e. The van der Waals surface area contributed by atoms with E-state index in [1.807, 2.05) is 63.5 Å². The summed E-state index contributed by atoms with van der Waals surface area (Å²) in [6.07, 6.45) is 18.3.